The molecule has 3 aromatic rings. The number of methoxy groups -OCH3 is 1. The predicted molar refractivity (Wildman–Crippen MR) is 120 cm³/mol. The molecular weight excluding hydrogens is 454 g/mol. The van der Waals surface area contributed by atoms with E-state index in [1.807, 2.05) is 44.2 Å². The molecular formula is C21H22BrN3O3S. The minimum Gasteiger partial charge on any atom is -0.497 e. The van der Waals surface area contributed by atoms with Gasteiger partial charge < -0.3 is 10.1 Å². The highest BCUT2D eigenvalue weighted by Crippen LogP contribution is 2.24. The summed E-state index contributed by atoms with van der Waals surface area (Å²) in [5.74, 6) is 0.662. The van der Waals surface area contributed by atoms with Crippen LogP contribution in [0.4, 0.5) is 0 Å². The van der Waals surface area contributed by atoms with Gasteiger partial charge in [-0.05, 0) is 49.7 Å². The minimum atomic E-state index is -0.397. The lowest BCUT2D eigenvalue weighted by molar-refractivity contribution is -0.120. The van der Waals surface area contributed by atoms with Crippen molar-refractivity contribution in [2.24, 2.45) is 0 Å². The van der Waals surface area contributed by atoms with E-state index in [-0.39, 0.29) is 11.5 Å². The smallest absolute Gasteiger partial charge is 0.262 e. The van der Waals surface area contributed by atoms with Crippen LogP contribution >= 0.6 is 27.7 Å². The van der Waals surface area contributed by atoms with Gasteiger partial charge in [0.2, 0.25) is 5.91 Å². The zero-order chi connectivity index (χ0) is 21.0. The molecule has 1 aromatic heterocycles. The number of hydrogen-bond donors (Lipinski definition) is 1. The maximum absolute atomic E-state index is 12.8. The summed E-state index contributed by atoms with van der Waals surface area (Å²) < 4.78 is 7.58. The monoisotopic (exact) mass is 475 g/mol. The van der Waals surface area contributed by atoms with E-state index in [9.17, 15) is 9.59 Å². The average molecular weight is 476 g/mol. The van der Waals surface area contributed by atoms with Crippen molar-refractivity contribution in [1.82, 2.24) is 14.9 Å². The second kappa shape index (κ2) is 9.45. The molecule has 0 saturated carbocycles. The number of fused-ring (bicyclic) bond motifs is 1. The van der Waals surface area contributed by atoms with Gasteiger partial charge in [0, 0.05) is 17.6 Å². The summed E-state index contributed by atoms with van der Waals surface area (Å²) in [4.78, 5) is 30.0. The Morgan fingerprint density at radius 3 is 2.66 bits per heavy atom. The third-order valence-corrected chi connectivity index (χ3v) is 6.06. The molecule has 2 aromatic carbocycles. The standard InChI is InChI=1S/C21H22BrN3O3S/c1-4-25-20(27)17-11-15(22)7-10-18(17)24-21(25)29-13(2)19(26)23-12-14-5-8-16(28-3)9-6-14/h5-11,13H,4,12H2,1-3H3,(H,23,26). The summed E-state index contributed by atoms with van der Waals surface area (Å²) in [6.07, 6.45) is 0. The molecule has 1 unspecified atom stereocenters. The summed E-state index contributed by atoms with van der Waals surface area (Å²) in [6, 6.07) is 13.0. The highest BCUT2D eigenvalue weighted by atomic mass is 79.9. The van der Waals surface area contributed by atoms with Crippen LogP contribution in [0, 0.1) is 0 Å². The van der Waals surface area contributed by atoms with Gasteiger partial charge in [-0.1, -0.05) is 39.8 Å². The number of carbonyl (C=O) groups is 1. The summed E-state index contributed by atoms with van der Waals surface area (Å²) in [6.45, 7) is 4.61. The van der Waals surface area contributed by atoms with Crippen molar-refractivity contribution in [2.75, 3.05) is 7.11 Å². The number of amides is 1. The van der Waals surface area contributed by atoms with E-state index in [1.54, 1.807) is 23.8 Å². The zero-order valence-electron chi connectivity index (χ0n) is 16.4. The molecule has 1 amide bonds. The lowest BCUT2D eigenvalue weighted by Crippen LogP contribution is -2.31. The molecule has 1 heterocycles. The van der Waals surface area contributed by atoms with Gasteiger partial charge in [0.25, 0.3) is 5.56 Å². The first kappa shape index (κ1) is 21.4. The Morgan fingerprint density at radius 1 is 1.28 bits per heavy atom. The summed E-state index contributed by atoms with van der Waals surface area (Å²) in [7, 11) is 1.62. The maximum Gasteiger partial charge on any atom is 0.262 e. The van der Waals surface area contributed by atoms with Crippen LogP contribution in [0.2, 0.25) is 0 Å². The average Bonchev–Trinajstić information content (AvgIpc) is 2.73. The van der Waals surface area contributed by atoms with Crippen molar-refractivity contribution in [3.05, 3.63) is 62.9 Å². The molecule has 1 atom stereocenters. The number of rotatable bonds is 7. The molecule has 0 saturated heterocycles. The minimum absolute atomic E-state index is 0.104. The second-order valence-electron chi connectivity index (χ2n) is 6.43. The third-order valence-electron chi connectivity index (χ3n) is 4.47. The van der Waals surface area contributed by atoms with E-state index in [0.717, 1.165) is 15.8 Å². The number of ether oxygens (including phenoxy) is 1. The summed E-state index contributed by atoms with van der Waals surface area (Å²) in [5.41, 5.74) is 1.50. The van der Waals surface area contributed by atoms with Crippen molar-refractivity contribution in [3.63, 3.8) is 0 Å². The molecule has 29 heavy (non-hydrogen) atoms. The third kappa shape index (κ3) is 5.00. The molecule has 0 aliphatic carbocycles. The van der Waals surface area contributed by atoms with Gasteiger partial charge in [-0.3, -0.25) is 14.2 Å². The van der Waals surface area contributed by atoms with Gasteiger partial charge in [-0.25, -0.2) is 4.98 Å². The lowest BCUT2D eigenvalue weighted by atomic mass is 10.2. The van der Waals surface area contributed by atoms with E-state index < -0.39 is 5.25 Å². The van der Waals surface area contributed by atoms with Crippen LogP contribution in [0.5, 0.6) is 5.75 Å². The van der Waals surface area contributed by atoms with Gasteiger partial charge in [-0.2, -0.15) is 0 Å². The van der Waals surface area contributed by atoms with E-state index in [0.29, 0.717) is 29.1 Å². The summed E-state index contributed by atoms with van der Waals surface area (Å²) >= 11 is 4.68. The Bertz CT molecular complexity index is 1080. The first-order valence-corrected chi connectivity index (χ1v) is 10.9. The normalized spacial score (nSPS) is 12.0. The molecule has 0 radical (unpaired) electrons. The highest BCUT2D eigenvalue weighted by molar-refractivity contribution is 9.10. The molecule has 3 rings (SSSR count). The lowest BCUT2D eigenvalue weighted by Gasteiger charge is -2.15. The molecule has 152 valence electrons. The molecule has 0 spiro atoms. The first-order valence-electron chi connectivity index (χ1n) is 9.20. The Balaban J connectivity index is 1.74. The molecule has 0 fully saturated rings. The van der Waals surface area contributed by atoms with E-state index in [4.69, 9.17) is 4.74 Å². The van der Waals surface area contributed by atoms with Crippen LogP contribution in [0.3, 0.4) is 0 Å². The van der Waals surface area contributed by atoms with Crippen LogP contribution < -0.4 is 15.6 Å². The van der Waals surface area contributed by atoms with Crippen LogP contribution in [0.1, 0.15) is 19.4 Å². The molecule has 0 aliphatic heterocycles. The van der Waals surface area contributed by atoms with Crippen LogP contribution in [0.25, 0.3) is 10.9 Å². The van der Waals surface area contributed by atoms with Crippen LogP contribution in [-0.4, -0.2) is 27.8 Å². The molecule has 1 N–H and O–H groups in total. The van der Waals surface area contributed by atoms with E-state index in [2.05, 4.69) is 26.2 Å². The fourth-order valence-corrected chi connectivity index (χ4v) is 4.19. The molecule has 6 nitrogen and oxygen atoms in total. The first-order chi connectivity index (χ1) is 13.9. The topological polar surface area (TPSA) is 73.2 Å². The van der Waals surface area contributed by atoms with Crippen LogP contribution in [0.15, 0.2) is 56.9 Å². The number of hydrogen-bond acceptors (Lipinski definition) is 5. The number of carbonyl (C=O) groups excluding carboxylic acids is 1. The molecule has 8 heteroatoms. The zero-order valence-corrected chi connectivity index (χ0v) is 18.8. The van der Waals surface area contributed by atoms with Gasteiger partial charge in [0.1, 0.15) is 5.75 Å². The highest BCUT2D eigenvalue weighted by Gasteiger charge is 2.19. The fraction of sp³-hybridized carbons (Fsp3) is 0.286. The SMILES string of the molecule is CCn1c(SC(C)C(=O)NCc2ccc(OC)cc2)nc2ccc(Br)cc2c1=O. The number of aromatic nitrogens is 2. The number of halogens is 1. The Kier molecular flexibility index (Phi) is 6.97. The van der Waals surface area contributed by atoms with Crippen molar-refractivity contribution < 1.29 is 9.53 Å². The Hall–Kier alpha value is -2.32. The maximum atomic E-state index is 12.8. The van der Waals surface area contributed by atoms with Gasteiger partial charge in [0.05, 0.1) is 23.3 Å². The molecule has 0 bridgehead atoms. The van der Waals surface area contributed by atoms with E-state index >= 15 is 0 Å². The Labute approximate surface area is 181 Å². The number of nitrogens with one attached hydrogen (secondary N) is 1. The second-order valence-corrected chi connectivity index (χ2v) is 8.65. The van der Waals surface area contributed by atoms with E-state index in [1.165, 1.54) is 11.8 Å². The summed E-state index contributed by atoms with van der Waals surface area (Å²) in [5, 5.41) is 3.63. The fourth-order valence-electron chi connectivity index (χ4n) is 2.83. The quantitative estimate of drug-likeness (QED) is 0.413. The number of benzene rings is 2. The van der Waals surface area contributed by atoms with Crippen molar-refractivity contribution in [3.8, 4) is 5.75 Å². The van der Waals surface area contributed by atoms with Crippen molar-refractivity contribution in [2.45, 2.75) is 37.3 Å². The number of thioether (sulfide) groups is 1. The van der Waals surface area contributed by atoms with Gasteiger partial charge in [0.15, 0.2) is 5.16 Å². The predicted octanol–water partition coefficient (Wildman–Crippen LogP) is 3.98. The number of nitrogens with zero attached hydrogens (tertiary/aromatic N) is 2. The van der Waals surface area contributed by atoms with Crippen LogP contribution in [-0.2, 0) is 17.9 Å². The van der Waals surface area contributed by atoms with Crippen molar-refractivity contribution >= 4 is 44.5 Å². The largest absolute Gasteiger partial charge is 0.497 e. The van der Waals surface area contributed by atoms with Crippen molar-refractivity contribution in [1.29, 1.82) is 0 Å². The molecule has 0 aliphatic rings. The van der Waals surface area contributed by atoms with Gasteiger partial charge >= 0.3 is 0 Å². The van der Waals surface area contributed by atoms with Gasteiger partial charge in [-0.15, -0.1) is 0 Å². The Morgan fingerprint density at radius 2 is 2.00 bits per heavy atom.